The van der Waals surface area contributed by atoms with Crippen LogP contribution >= 0.6 is 0 Å². The number of rotatable bonds is 5. The minimum Gasteiger partial charge on any atom is -0.674 e. The molecule has 2 aromatic carbocycles. The molecule has 0 heterocycles. The molecule has 6 heteroatoms. The van der Waals surface area contributed by atoms with E-state index in [1.54, 1.807) is 24.3 Å². The quantitative estimate of drug-likeness (QED) is 0.469. The van der Waals surface area contributed by atoms with Crippen LogP contribution in [-0.4, -0.2) is 17.0 Å². The summed E-state index contributed by atoms with van der Waals surface area (Å²) < 4.78 is 13.3. The van der Waals surface area contributed by atoms with E-state index >= 15 is 0 Å². The summed E-state index contributed by atoms with van der Waals surface area (Å²) in [5, 5.41) is 14.2. The number of nitrogens with zero attached hydrogens (tertiary/aromatic N) is 1. The van der Waals surface area contributed by atoms with Gasteiger partial charge in [-0.3, -0.25) is 10.1 Å². The number of benzene rings is 2. The molecule has 0 saturated heterocycles. The van der Waals surface area contributed by atoms with Crippen molar-refractivity contribution in [3.8, 4) is 0 Å². The van der Waals surface area contributed by atoms with Crippen LogP contribution in [0.4, 0.5) is 10.1 Å². The van der Waals surface area contributed by atoms with Gasteiger partial charge < -0.3 is 11.1 Å². The van der Waals surface area contributed by atoms with Gasteiger partial charge in [0.2, 0.25) is 0 Å². The zero-order valence-electron chi connectivity index (χ0n) is 14.5. The summed E-state index contributed by atoms with van der Waals surface area (Å²) in [6.45, 7) is 5.96. The molecule has 2 aromatic rings. The van der Waals surface area contributed by atoms with Gasteiger partial charge in [0, 0.05) is 23.4 Å². The summed E-state index contributed by atoms with van der Waals surface area (Å²) in [7, 11) is 0. The zero-order valence-corrected chi connectivity index (χ0v) is 14.5. The highest BCUT2D eigenvalue weighted by atomic mass is 19.1. The Morgan fingerprint density at radius 1 is 1.08 bits per heavy atom. The molecule has 0 spiro atoms. The van der Waals surface area contributed by atoms with E-state index < -0.39 is 4.92 Å². The van der Waals surface area contributed by atoms with Crippen molar-refractivity contribution < 1.29 is 9.31 Å². The predicted octanol–water partition coefficient (Wildman–Crippen LogP) is 5.04. The summed E-state index contributed by atoms with van der Waals surface area (Å²) in [6.07, 6.45) is 0. The van der Waals surface area contributed by atoms with E-state index in [2.05, 4.69) is 5.32 Å². The van der Waals surface area contributed by atoms with E-state index in [9.17, 15) is 14.5 Å². The molecule has 0 atom stereocenters. The maximum atomic E-state index is 13.3. The third-order valence-corrected chi connectivity index (χ3v) is 3.54. The van der Waals surface area contributed by atoms with Gasteiger partial charge in [-0.05, 0) is 73.9 Å². The predicted molar refractivity (Wildman–Crippen MR) is 98.4 cm³/mol. The fourth-order valence-corrected chi connectivity index (χ4v) is 2.43. The first-order chi connectivity index (χ1) is 11.7. The maximum absolute atomic E-state index is 13.3. The highest BCUT2D eigenvalue weighted by Crippen LogP contribution is 2.28. The average molecular weight is 342 g/mol. The van der Waals surface area contributed by atoms with Gasteiger partial charge in [0.15, 0.2) is 0 Å². The summed E-state index contributed by atoms with van der Waals surface area (Å²) in [5.41, 5.74) is 10.6. The molecule has 0 radical (unpaired) electrons. The van der Waals surface area contributed by atoms with Crippen LogP contribution in [0.3, 0.4) is 0 Å². The highest BCUT2D eigenvalue weighted by Gasteiger charge is 2.17. The van der Waals surface area contributed by atoms with Crippen LogP contribution in [0.25, 0.3) is 17.0 Å². The first kappa shape index (κ1) is 18.6. The number of halogens is 1. The van der Waals surface area contributed by atoms with E-state index in [4.69, 9.17) is 5.73 Å². The fourth-order valence-electron chi connectivity index (χ4n) is 2.43. The summed E-state index contributed by atoms with van der Waals surface area (Å²) in [6, 6.07) is 12.2. The van der Waals surface area contributed by atoms with E-state index in [1.807, 2.05) is 20.8 Å². The zero-order chi connectivity index (χ0) is 18.6. The van der Waals surface area contributed by atoms with Crippen molar-refractivity contribution in [1.29, 1.82) is 0 Å². The van der Waals surface area contributed by atoms with Gasteiger partial charge in [-0.25, -0.2) is 4.39 Å². The number of hydrogen-bond donors (Lipinski definition) is 1. The van der Waals surface area contributed by atoms with Gasteiger partial charge in [-0.15, -0.1) is 6.54 Å². The Morgan fingerprint density at radius 3 is 2.04 bits per heavy atom. The van der Waals surface area contributed by atoms with Crippen LogP contribution in [0, 0.1) is 15.9 Å². The van der Waals surface area contributed by atoms with Gasteiger partial charge in [-0.1, -0.05) is 0 Å². The molecule has 2 N–H and O–H groups in total. The van der Waals surface area contributed by atoms with Crippen LogP contribution in [0.15, 0.2) is 48.5 Å². The second kappa shape index (κ2) is 7.44. The Balaban J connectivity index is 2.59. The number of non-ortho nitro benzene ring substituents is 1. The number of nitro benzene ring substituents is 1. The highest BCUT2D eigenvalue weighted by molar-refractivity contribution is 5.91. The second-order valence-corrected chi connectivity index (χ2v) is 6.72. The van der Waals surface area contributed by atoms with Crippen LogP contribution in [0.1, 0.15) is 31.9 Å². The monoisotopic (exact) mass is 342 g/mol. The number of nitrogens with one attached hydrogen (secondary N) is 2. The molecule has 0 saturated carbocycles. The lowest BCUT2D eigenvalue weighted by atomic mass is 9.97. The first-order valence-electron chi connectivity index (χ1n) is 7.88. The van der Waals surface area contributed by atoms with Gasteiger partial charge in [0.1, 0.15) is 5.82 Å². The molecule has 0 aromatic heterocycles. The molecule has 0 amide bonds. The number of nitro groups is 1. The molecule has 25 heavy (non-hydrogen) atoms. The molecule has 0 aliphatic rings. The van der Waals surface area contributed by atoms with Crippen molar-refractivity contribution in [3.63, 3.8) is 0 Å². The Morgan fingerprint density at radius 2 is 1.60 bits per heavy atom. The lowest BCUT2D eigenvalue weighted by Crippen LogP contribution is -2.35. The fraction of sp³-hybridized carbons (Fsp3) is 0.263. The molecule has 132 valence electrons. The Labute approximate surface area is 146 Å². The van der Waals surface area contributed by atoms with Crippen LogP contribution in [-0.2, 0) is 0 Å². The molecule has 0 bridgehead atoms. The van der Waals surface area contributed by atoms with Crippen molar-refractivity contribution in [2.75, 3.05) is 6.54 Å². The number of hydrogen-bond acceptors (Lipinski definition) is 3. The minimum absolute atomic E-state index is 0.000179. The molecule has 0 aliphatic carbocycles. The third kappa shape index (κ3) is 4.87. The van der Waals surface area contributed by atoms with Gasteiger partial charge in [-0.2, -0.15) is 0 Å². The lowest BCUT2D eigenvalue weighted by molar-refractivity contribution is -0.384. The molecule has 0 aliphatic heterocycles. The van der Waals surface area contributed by atoms with Gasteiger partial charge >= 0.3 is 0 Å². The van der Waals surface area contributed by atoms with Crippen LogP contribution < -0.4 is 5.32 Å². The SMILES string of the molecule is CC(C)(C)N/C(=C(\C[NH-])c1ccc([N+](=O)[O-])cc1)c1ccc(F)cc1. The van der Waals surface area contributed by atoms with Gasteiger partial charge in [0.25, 0.3) is 5.69 Å². The second-order valence-electron chi connectivity index (χ2n) is 6.72. The van der Waals surface area contributed by atoms with Gasteiger partial charge in [0.05, 0.1) is 4.92 Å². The largest absolute Gasteiger partial charge is 0.674 e. The van der Waals surface area contributed by atoms with Crippen LogP contribution in [0.2, 0.25) is 0 Å². The van der Waals surface area contributed by atoms with Crippen molar-refractivity contribution >= 4 is 17.0 Å². The Kier molecular flexibility index (Phi) is 5.54. The van der Waals surface area contributed by atoms with E-state index in [0.717, 1.165) is 16.8 Å². The summed E-state index contributed by atoms with van der Waals surface area (Å²) >= 11 is 0. The van der Waals surface area contributed by atoms with Crippen molar-refractivity contribution in [2.45, 2.75) is 26.3 Å². The van der Waals surface area contributed by atoms with Crippen molar-refractivity contribution in [1.82, 2.24) is 5.32 Å². The Hall–Kier alpha value is -2.73. The minimum atomic E-state index is -0.456. The smallest absolute Gasteiger partial charge is 0.269 e. The first-order valence-corrected chi connectivity index (χ1v) is 7.88. The normalized spacial score (nSPS) is 12.5. The topological polar surface area (TPSA) is 79.0 Å². The molecule has 2 rings (SSSR count). The summed E-state index contributed by atoms with van der Waals surface area (Å²) in [5.74, 6) is -0.332. The maximum Gasteiger partial charge on any atom is 0.269 e. The van der Waals surface area contributed by atoms with E-state index in [1.165, 1.54) is 24.3 Å². The van der Waals surface area contributed by atoms with Crippen molar-refractivity contribution in [2.24, 2.45) is 0 Å². The van der Waals surface area contributed by atoms with E-state index in [-0.39, 0.29) is 23.6 Å². The Bertz CT molecular complexity index is 776. The van der Waals surface area contributed by atoms with E-state index in [0.29, 0.717) is 5.57 Å². The standard InChI is InChI=1S/C19H21FN3O2/c1-19(2,3)22-18(14-4-8-15(20)9-5-14)17(12-21)13-6-10-16(11-7-13)23(24)25/h4-11,21-22H,12H2,1-3H3/q-1/b18-17+. The summed E-state index contributed by atoms with van der Waals surface area (Å²) in [4.78, 5) is 10.4. The molecule has 5 nitrogen and oxygen atoms in total. The van der Waals surface area contributed by atoms with Crippen molar-refractivity contribution in [3.05, 3.63) is 81.3 Å². The molecule has 0 fully saturated rings. The van der Waals surface area contributed by atoms with Crippen LogP contribution in [0.5, 0.6) is 0 Å². The molecular weight excluding hydrogens is 321 g/mol. The average Bonchev–Trinajstić information content (AvgIpc) is 2.55. The molecular formula is C19H21FN3O2-. The molecule has 0 unspecified atom stereocenters. The lowest BCUT2D eigenvalue weighted by Gasteiger charge is -2.28. The third-order valence-electron chi connectivity index (χ3n) is 3.54.